The van der Waals surface area contributed by atoms with Crippen molar-refractivity contribution in [1.29, 1.82) is 0 Å². The molecule has 8 heteroatoms. The van der Waals surface area contributed by atoms with Gasteiger partial charge in [-0.2, -0.15) is 0 Å². The van der Waals surface area contributed by atoms with Crippen molar-refractivity contribution >= 4 is 5.91 Å². The normalized spacial score (nSPS) is 22.8. The van der Waals surface area contributed by atoms with E-state index in [0.29, 0.717) is 31.3 Å². The number of hydrazine groups is 1. The lowest BCUT2D eigenvalue weighted by molar-refractivity contribution is -0.184. The molecule has 0 aliphatic carbocycles. The van der Waals surface area contributed by atoms with Crippen LogP contribution in [0.15, 0.2) is 24.8 Å². The molecule has 3 heterocycles. The van der Waals surface area contributed by atoms with Gasteiger partial charge in [-0.25, -0.2) is 5.01 Å². The van der Waals surface area contributed by atoms with Crippen molar-refractivity contribution in [2.45, 2.75) is 44.6 Å². The van der Waals surface area contributed by atoms with Gasteiger partial charge in [-0.15, -0.1) is 0 Å². The lowest BCUT2D eigenvalue weighted by Gasteiger charge is -2.40. The summed E-state index contributed by atoms with van der Waals surface area (Å²) < 4.78 is 28.4. The number of fused-ring (bicyclic) bond motifs is 1. The highest BCUT2D eigenvalue weighted by Crippen LogP contribution is 2.42. The zero-order chi connectivity index (χ0) is 21.1. The van der Waals surface area contributed by atoms with E-state index in [4.69, 9.17) is 23.7 Å². The maximum absolute atomic E-state index is 13.0. The fourth-order valence-corrected chi connectivity index (χ4v) is 4.44. The second-order valence-corrected chi connectivity index (χ2v) is 7.74. The molecule has 2 fully saturated rings. The molecule has 30 heavy (non-hydrogen) atoms. The molecular formula is C22H30N2O6. The standard InChI is InChI=1S/C22H30N2O6/c1-4-21(25)24(23-8-5-7-16(23)13-26-3)15(2)17-11-19-20(30-14-29-19)12-18(17)22-27-9-6-10-28-22/h4,11-12,15-16,22H,1,5-10,13-14H2,2-3H3/t15-,16+/m1/s1. The van der Waals surface area contributed by atoms with E-state index in [1.54, 1.807) is 12.1 Å². The Balaban J connectivity index is 1.72. The molecule has 0 bridgehead atoms. The molecule has 2 saturated heterocycles. The number of hydrogen-bond acceptors (Lipinski definition) is 7. The van der Waals surface area contributed by atoms with Crippen LogP contribution in [0.5, 0.6) is 11.5 Å². The molecule has 1 aromatic rings. The number of nitrogens with zero attached hydrogens (tertiary/aromatic N) is 2. The van der Waals surface area contributed by atoms with Gasteiger partial charge in [0, 0.05) is 19.2 Å². The van der Waals surface area contributed by atoms with Gasteiger partial charge in [0.2, 0.25) is 6.79 Å². The van der Waals surface area contributed by atoms with E-state index in [1.807, 2.05) is 19.1 Å². The summed E-state index contributed by atoms with van der Waals surface area (Å²) in [5, 5.41) is 3.89. The molecule has 0 saturated carbocycles. The minimum atomic E-state index is -0.500. The first-order valence-corrected chi connectivity index (χ1v) is 10.5. The molecule has 0 aromatic heterocycles. The second kappa shape index (κ2) is 9.34. The van der Waals surface area contributed by atoms with Gasteiger partial charge in [0.05, 0.1) is 31.9 Å². The van der Waals surface area contributed by atoms with Crippen molar-refractivity contribution in [1.82, 2.24) is 10.0 Å². The van der Waals surface area contributed by atoms with Gasteiger partial charge in [0.1, 0.15) is 0 Å². The van der Waals surface area contributed by atoms with Gasteiger partial charge < -0.3 is 23.7 Å². The summed E-state index contributed by atoms with van der Waals surface area (Å²) in [6.07, 6.45) is 3.70. The predicted octanol–water partition coefficient (Wildman–Crippen LogP) is 2.95. The SMILES string of the molecule is C=CC(=O)N([C@H](C)c1cc2c(cc1C1OCCCO1)OCO2)N1CCC[C@H]1COC. The minimum Gasteiger partial charge on any atom is -0.454 e. The fourth-order valence-electron chi connectivity index (χ4n) is 4.44. The zero-order valence-corrected chi connectivity index (χ0v) is 17.7. The first kappa shape index (κ1) is 21.1. The van der Waals surface area contributed by atoms with Crippen molar-refractivity contribution in [3.05, 3.63) is 35.9 Å². The third-order valence-corrected chi connectivity index (χ3v) is 5.86. The Kier molecular flexibility index (Phi) is 6.58. The molecule has 0 N–H and O–H groups in total. The van der Waals surface area contributed by atoms with E-state index in [9.17, 15) is 4.79 Å². The number of amides is 1. The molecule has 1 aromatic carbocycles. The number of ether oxygens (including phenoxy) is 5. The topological polar surface area (TPSA) is 69.7 Å². The monoisotopic (exact) mass is 418 g/mol. The van der Waals surface area contributed by atoms with Gasteiger partial charge >= 0.3 is 0 Å². The van der Waals surface area contributed by atoms with Crippen LogP contribution >= 0.6 is 0 Å². The quantitative estimate of drug-likeness (QED) is 0.631. The van der Waals surface area contributed by atoms with Crippen LogP contribution in [0.1, 0.15) is 49.6 Å². The van der Waals surface area contributed by atoms with Gasteiger partial charge in [0.25, 0.3) is 5.91 Å². The molecule has 164 valence electrons. The number of benzene rings is 1. The summed E-state index contributed by atoms with van der Waals surface area (Å²) in [6, 6.07) is 3.71. The van der Waals surface area contributed by atoms with Gasteiger partial charge in [-0.3, -0.25) is 9.80 Å². The van der Waals surface area contributed by atoms with Crippen LogP contribution in [-0.4, -0.2) is 62.2 Å². The molecule has 8 nitrogen and oxygen atoms in total. The third kappa shape index (κ3) is 4.05. The Bertz CT molecular complexity index is 779. The van der Waals surface area contributed by atoms with Crippen LogP contribution in [0.25, 0.3) is 0 Å². The highest BCUT2D eigenvalue weighted by atomic mass is 16.7. The van der Waals surface area contributed by atoms with Crippen molar-refractivity contribution in [2.75, 3.05) is 40.3 Å². The zero-order valence-electron chi connectivity index (χ0n) is 17.7. The summed E-state index contributed by atoms with van der Waals surface area (Å²) in [7, 11) is 1.69. The molecule has 3 aliphatic heterocycles. The summed E-state index contributed by atoms with van der Waals surface area (Å²) in [5.74, 6) is 1.18. The van der Waals surface area contributed by atoms with E-state index >= 15 is 0 Å². The van der Waals surface area contributed by atoms with E-state index < -0.39 is 6.29 Å². The Hall–Kier alpha value is -2.13. The predicted molar refractivity (Wildman–Crippen MR) is 109 cm³/mol. The maximum Gasteiger partial charge on any atom is 0.260 e. The first-order chi connectivity index (χ1) is 14.6. The molecule has 1 amide bonds. The number of carbonyl (C=O) groups is 1. The van der Waals surface area contributed by atoms with E-state index in [-0.39, 0.29) is 24.8 Å². The lowest BCUT2D eigenvalue weighted by Crippen LogP contribution is -2.50. The lowest BCUT2D eigenvalue weighted by atomic mass is 9.98. The average Bonchev–Trinajstić information content (AvgIpc) is 3.43. The molecule has 0 radical (unpaired) electrons. The van der Waals surface area contributed by atoms with Crippen molar-refractivity contribution < 1.29 is 28.5 Å². The van der Waals surface area contributed by atoms with Crippen LogP contribution in [-0.2, 0) is 19.0 Å². The summed E-state index contributed by atoms with van der Waals surface area (Å²) in [5.41, 5.74) is 1.76. The average molecular weight is 418 g/mol. The Morgan fingerprint density at radius 3 is 2.73 bits per heavy atom. The number of rotatable bonds is 7. The molecule has 0 spiro atoms. The highest BCUT2D eigenvalue weighted by molar-refractivity contribution is 5.87. The minimum absolute atomic E-state index is 0.140. The molecule has 3 aliphatic rings. The van der Waals surface area contributed by atoms with Crippen LogP contribution in [0.2, 0.25) is 0 Å². The van der Waals surface area contributed by atoms with Gasteiger partial charge in [-0.05, 0) is 50.0 Å². The van der Waals surface area contributed by atoms with E-state index in [2.05, 4.69) is 11.6 Å². The van der Waals surface area contributed by atoms with Crippen LogP contribution < -0.4 is 9.47 Å². The van der Waals surface area contributed by atoms with Gasteiger partial charge in [0.15, 0.2) is 17.8 Å². The maximum atomic E-state index is 13.0. The third-order valence-electron chi connectivity index (χ3n) is 5.86. The molecular weight excluding hydrogens is 388 g/mol. The molecule has 0 unspecified atom stereocenters. The van der Waals surface area contributed by atoms with E-state index in [1.165, 1.54) is 6.08 Å². The van der Waals surface area contributed by atoms with Crippen molar-refractivity contribution in [2.24, 2.45) is 0 Å². The summed E-state index contributed by atoms with van der Waals surface area (Å²) in [6.45, 7) is 8.52. The number of hydrogen-bond donors (Lipinski definition) is 0. The summed E-state index contributed by atoms with van der Waals surface area (Å²) >= 11 is 0. The Morgan fingerprint density at radius 1 is 1.30 bits per heavy atom. The molecule has 4 rings (SSSR count). The van der Waals surface area contributed by atoms with E-state index in [0.717, 1.165) is 36.9 Å². The van der Waals surface area contributed by atoms with Crippen LogP contribution in [0, 0.1) is 0 Å². The Morgan fingerprint density at radius 2 is 2.03 bits per heavy atom. The Labute approximate surface area is 177 Å². The molecule has 2 atom stereocenters. The van der Waals surface area contributed by atoms with Crippen molar-refractivity contribution in [3.63, 3.8) is 0 Å². The number of methoxy groups -OCH3 is 1. The fraction of sp³-hybridized carbons (Fsp3) is 0.591. The number of carbonyl (C=O) groups excluding carboxylic acids is 1. The smallest absolute Gasteiger partial charge is 0.260 e. The second-order valence-electron chi connectivity index (χ2n) is 7.74. The summed E-state index contributed by atoms with van der Waals surface area (Å²) in [4.78, 5) is 13.0. The van der Waals surface area contributed by atoms with Crippen LogP contribution in [0.4, 0.5) is 0 Å². The van der Waals surface area contributed by atoms with Crippen LogP contribution in [0.3, 0.4) is 0 Å². The van der Waals surface area contributed by atoms with Gasteiger partial charge in [-0.1, -0.05) is 6.58 Å². The van der Waals surface area contributed by atoms with Crippen molar-refractivity contribution in [3.8, 4) is 11.5 Å². The highest BCUT2D eigenvalue weighted by Gasteiger charge is 2.37. The first-order valence-electron chi connectivity index (χ1n) is 10.5. The largest absolute Gasteiger partial charge is 0.454 e.